The van der Waals surface area contributed by atoms with Crippen LogP contribution in [-0.2, 0) is 32.7 Å². The van der Waals surface area contributed by atoms with Crippen LogP contribution in [0.25, 0.3) is 0 Å². The molecule has 7 atom stereocenters. The summed E-state index contributed by atoms with van der Waals surface area (Å²) in [5.41, 5.74) is 0. The molecule has 13 nitrogen and oxygen atoms in total. The fraction of sp³-hybridized carbons (Fsp3) is 0.843. The van der Waals surface area contributed by atoms with Crippen LogP contribution in [0.1, 0.15) is 221 Å². The highest BCUT2D eigenvalue weighted by Crippen LogP contribution is 2.45. The maximum atomic E-state index is 12.8. The fourth-order valence-electron chi connectivity index (χ4n) is 7.11. The molecule has 0 aliphatic heterocycles. The number of hydrogen-bond donors (Lipinski definition) is 6. The number of esters is 2. The third-order valence-electron chi connectivity index (χ3n) is 11.2. The van der Waals surface area contributed by atoms with E-state index in [4.69, 9.17) is 25.0 Å². The van der Waals surface area contributed by atoms with Crippen LogP contribution < -0.4 is 0 Å². The van der Waals surface area contributed by atoms with Crippen molar-refractivity contribution >= 4 is 19.8 Å². The smallest absolute Gasteiger partial charge is 0.462 e. The first-order valence-corrected chi connectivity index (χ1v) is 27.1. The standard InChI is InChI=1S/C51H95O13P/c1-3-5-7-9-11-13-15-17-18-19-20-21-22-23-24-25-26-28-29-31-33-35-37-39-48(55)61-43-45(44-62-65(59,60)64-47(42-53)51(58)50(57)46(54)41-52)63-49(56)40-38-36-34-32-30-27-16-14-12-10-8-6-4-2/h15,17,29-32,45-47,50-54,57-58H,3-14,16,18-28,33-44H2,1-2H3,(H,59,60)/b17-15-,31-29-,32-30-/t45-,46-,47-,50-,51-/m1/s1/i43D/t43?,45-,46-,47-,50-,51-. The Labute approximate surface area is 395 Å². The van der Waals surface area contributed by atoms with Crippen LogP contribution in [0.4, 0.5) is 0 Å². The van der Waals surface area contributed by atoms with Gasteiger partial charge in [0.2, 0.25) is 0 Å². The van der Waals surface area contributed by atoms with Crippen molar-refractivity contribution in [2.45, 2.75) is 250 Å². The first kappa shape index (κ1) is 61.1. The Hall–Kier alpha value is -1.93. The lowest BCUT2D eigenvalue weighted by Crippen LogP contribution is -2.47. The minimum Gasteiger partial charge on any atom is -0.462 e. The second-order valence-electron chi connectivity index (χ2n) is 17.4. The van der Waals surface area contributed by atoms with Crippen molar-refractivity contribution in [3.05, 3.63) is 36.5 Å². The zero-order valence-electron chi connectivity index (χ0n) is 41.7. The number of rotatable bonds is 48. The van der Waals surface area contributed by atoms with Crippen LogP contribution in [0.5, 0.6) is 0 Å². The summed E-state index contributed by atoms with van der Waals surface area (Å²) in [5, 5.41) is 48.5. The van der Waals surface area contributed by atoms with E-state index in [0.29, 0.717) is 19.3 Å². The van der Waals surface area contributed by atoms with Crippen LogP contribution in [0.3, 0.4) is 0 Å². The van der Waals surface area contributed by atoms with Crippen LogP contribution in [0, 0.1) is 0 Å². The van der Waals surface area contributed by atoms with Gasteiger partial charge in [-0.05, 0) is 89.9 Å². The number of ether oxygens (including phenoxy) is 2. The van der Waals surface area contributed by atoms with Gasteiger partial charge in [0.05, 0.1) is 21.2 Å². The Morgan fingerprint density at radius 2 is 0.908 bits per heavy atom. The Balaban J connectivity index is 4.70. The van der Waals surface area contributed by atoms with E-state index < -0.39 is 76.7 Å². The molecule has 382 valence electrons. The van der Waals surface area contributed by atoms with Crippen molar-refractivity contribution < 1.29 is 64.5 Å². The highest BCUT2D eigenvalue weighted by molar-refractivity contribution is 7.47. The number of aliphatic hydroxyl groups excluding tert-OH is 5. The normalized spacial score (nSPS) is 16.1. The Kier molecular flexibility index (Phi) is 43.1. The van der Waals surface area contributed by atoms with Crippen molar-refractivity contribution in [1.82, 2.24) is 0 Å². The average molecular weight is 948 g/mol. The molecule has 65 heavy (non-hydrogen) atoms. The molecule has 0 aromatic rings. The van der Waals surface area contributed by atoms with Gasteiger partial charge in [-0.2, -0.15) is 0 Å². The summed E-state index contributed by atoms with van der Waals surface area (Å²) >= 11 is 0. The Morgan fingerprint density at radius 3 is 1.29 bits per heavy atom. The Morgan fingerprint density at radius 1 is 0.538 bits per heavy atom. The van der Waals surface area contributed by atoms with Crippen LogP contribution in [-0.4, -0.2) is 99.3 Å². The molecule has 0 radical (unpaired) electrons. The molecular formula is C51H95O13P. The maximum Gasteiger partial charge on any atom is 0.472 e. The monoisotopic (exact) mass is 948 g/mol. The van der Waals surface area contributed by atoms with E-state index in [1.54, 1.807) is 0 Å². The Bertz CT molecular complexity index is 1270. The zero-order chi connectivity index (χ0) is 48.9. The molecule has 0 aliphatic carbocycles. The molecule has 0 fully saturated rings. The zero-order valence-corrected chi connectivity index (χ0v) is 41.6. The van der Waals surface area contributed by atoms with Crippen molar-refractivity contribution in [2.24, 2.45) is 0 Å². The molecule has 0 aliphatic rings. The fourth-order valence-corrected chi connectivity index (χ4v) is 8.04. The predicted octanol–water partition coefficient (Wildman–Crippen LogP) is 11.2. The van der Waals surface area contributed by atoms with Gasteiger partial charge in [0.25, 0.3) is 0 Å². The third kappa shape index (κ3) is 40.8. The quantitative estimate of drug-likeness (QED) is 0.0145. The molecule has 0 bridgehead atoms. The minimum atomic E-state index is -5.18. The highest BCUT2D eigenvalue weighted by Gasteiger charge is 2.37. The van der Waals surface area contributed by atoms with Crippen molar-refractivity contribution in [3.8, 4) is 0 Å². The molecule has 0 spiro atoms. The van der Waals surface area contributed by atoms with E-state index in [2.05, 4.69) is 50.3 Å². The van der Waals surface area contributed by atoms with Gasteiger partial charge >= 0.3 is 19.8 Å². The molecule has 0 aromatic carbocycles. The van der Waals surface area contributed by atoms with Crippen LogP contribution in [0.2, 0.25) is 0 Å². The van der Waals surface area contributed by atoms with Crippen LogP contribution in [0.15, 0.2) is 36.5 Å². The van der Waals surface area contributed by atoms with Gasteiger partial charge in [-0.3, -0.25) is 18.6 Å². The minimum absolute atomic E-state index is 0.00675. The van der Waals surface area contributed by atoms with Crippen molar-refractivity contribution in [3.63, 3.8) is 0 Å². The molecule has 0 rings (SSSR count). The average Bonchev–Trinajstić information content (AvgIpc) is 3.30. The molecule has 0 saturated heterocycles. The molecule has 6 N–H and O–H groups in total. The lowest BCUT2D eigenvalue weighted by Gasteiger charge is -2.28. The van der Waals surface area contributed by atoms with Gasteiger partial charge in [0, 0.05) is 12.8 Å². The van der Waals surface area contributed by atoms with E-state index >= 15 is 0 Å². The van der Waals surface area contributed by atoms with Gasteiger partial charge in [-0.25, -0.2) is 4.57 Å². The summed E-state index contributed by atoms with van der Waals surface area (Å²) in [6, 6.07) is 0. The number of phosphoric acid groups is 1. The first-order chi connectivity index (χ1) is 31.9. The summed E-state index contributed by atoms with van der Waals surface area (Å²) in [4.78, 5) is 35.8. The third-order valence-corrected chi connectivity index (χ3v) is 12.3. The number of carbonyl (C=O) groups excluding carboxylic acids is 2. The summed E-state index contributed by atoms with van der Waals surface area (Å²) < 4.78 is 41.6. The molecule has 0 aromatic heterocycles. The van der Waals surface area contributed by atoms with E-state index in [1.807, 2.05) is 0 Å². The lowest BCUT2D eigenvalue weighted by molar-refractivity contribution is -0.161. The topological polar surface area (TPSA) is 210 Å². The van der Waals surface area contributed by atoms with Crippen molar-refractivity contribution in [1.29, 1.82) is 0 Å². The SMILES string of the molecule is [2H]C(OC(=O)CCCC/C=C\CCCCCCCCCC/C=C\CCCCCCC)[C@H](COP(=O)(O)O[C@H](CO)[C@@H](O)[C@H](O)[C@H](O)CO)OC(=O)CCCC/C=C\CCCCCCCCC. The number of allylic oxidation sites excluding steroid dienone is 6. The van der Waals surface area contributed by atoms with Gasteiger partial charge < -0.3 is 39.9 Å². The number of phosphoric ester groups is 1. The molecule has 0 heterocycles. The van der Waals surface area contributed by atoms with E-state index in [0.717, 1.165) is 44.9 Å². The van der Waals surface area contributed by atoms with E-state index in [9.17, 15) is 39.5 Å². The number of hydrogen-bond acceptors (Lipinski definition) is 12. The molecule has 14 heteroatoms. The van der Waals surface area contributed by atoms with Crippen LogP contribution >= 0.6 is 7.82 Å². The predicted molar refractivity (Wildman–Crippen MR) is 260 cm³/mol. The van der Waals surface area contributed by atoms with E-state index in [-0.39, 0.29) is 12.8 Å². The summed E-state index contributed by atoms with van der Waals surface area (Å²) in [7, 11) is -5.18. The summed E-state index contributed by atoms with van der Waals surface area (Å²) in [5.74, 6) is -1.45. The van der Waals surface area contributed by atoms with Gasteiger partial charge in [-0.1, -0.05) is 153 Å². The van der Waals surface area contributed by atoms with Crippen molar-refractivity contribution in [2.75, 3.05) is 26.4 Å². The second-order valence-corrected chi connectivity index (χ2v) is 18.8. The molecule has 0 saturated carbocycles. The largest absolute Gasteiger partial charge is 0.472 e. The number of unbranched alkanes of at least 4 members (excludes halogenated alkanes) is 25. The van der Waals surface area contributed by atoms with Gasteiger partial charge in [0.15, 0.2) is 6.10 Å². The number of aliphatic hydroxyl groups is 5. The first-order valence-electron chi connectivity index (χ1n) is 26.2. The summed E-state index contributed by atoms with van der Waals surface area (Å²) in [6.07, 6.45) is 37.7. The maximum absolute atomic E-state index is 12.8. The molecule has 2 unspecified atom stereocenters. The van der Waals surface area contributed by atoms with Gasteiger partial charge in [-0.15, -0.1) is 0 Å². The highest BCUT2D eigenvalue weighted by atomic mass is 31.2. The lowest BCUT2D eigenvalue weighted by atomic mass is 10.0. The molecular weight excluding hydrogens is 852 g/mol. The summed E-state index contributed by atoms with van der Waals surface area (Å²) in [6.45, 7) is -0.335. The molecule has 0 amide bonds. The van der Waals surface area contributed by atoms with E-state index in [1.165, 1.54) is 128 Å². The number of carbonyl (C=O) groups is 2. The second kappa shape index (κ2) is 45.8. The van der Waals surface area contributed by atoms with Gasteiger partial charge in [0.1, 0.15) is 31.0 Å².